The third-order valence-corrected chi connectivity index (χ3v) is 5.01. The van der Waals surface area contributed by atoms with Crippen molar-refractivity contribution in [1.29, 1.82) is 0 Å². The molecular formula is C15H30N+. The number of piperidine rings is 1. The maximum atomic E-state index is 2.45. The van der Waals surface area contributed by atoms with Gasteiger partial charge in [-0.1, -0.05) is 33.1 Å². The van der Waals surface area contributed by atoms with E-state index in [1.54, 1.807) is 0 Å². The van der Waals surface area contributed by atoms with E-state index in [2.05, 4.69) is 13.8 Å². The van der Waals surface area contributed by atoms with Gasteiger partial charge < -0.3 is 4.90 Å². The summed E-state index contributed by atoms with van der Waals surface area (Å²) >= 11 is 0. The molecule has 1 nitrogen and oxygen atoms in total. The predicted molar refractivity (Wildman–Crippen MR) is 69.7 cm³/mol. The SMILES string of the molecule is CCC1CC[NH+](CC2CCCC(C)C2)CC1. The van der Waals surface area contributed by atoms with Gasteiger partial charge in [-0.25, -0.2) is 0 Å². The number of nitrogens with one attached hydrogen (secondary N) is 1. The minimum atomic E-state index is 1.01. The molecule has 16 heavy (non-hydrogen) atoms. The molecule has 1 saturated carbocycles. The Morgan fingerprint density at radius 1 is 1.00 bits per heavy atom. The summed E-state index contributed by atoms with van der Waals surface area (Å²) in [5.74, 6) is 3.11. The Hall–Kier alpha value is -0.0400. The average Bonchev–Trinajstić information content (AvgIpc) is 2.30. The van der Waals surface area contributed by atoms with Crippen molar-refractivity contribution >= 4 is 0 Å². The smallest absolute Gasteiger partial charge is 0.0799 e. The van der Waals surface area contributed by atoms with Crippen LogP contribution in [-0.4, -0.2) is 19.6 Å². The van der Waals surface area contributed by atoms with Crippen LogP contribution in [0.3, 0.4) is 0 Å². The molecule has 1 heteroatoms. The molecule has 0 spiro atoms. The van der Waals surface area contributed by atoms with E-state index in [0.717, 1.165) is 17.8 Å². The van der Waals surface area contributed by atoms with E-state index in [4.69, 9.17) is 0 Å². The standard InChI is InChI=1S/C15H29N/c1-3-14-7-9-16(10-8-14)12-15-6-4-5-13(2)11-15/h13-15H,3-12H2,1-2H3/p+1. The lowest BCUT2D eigenvalue weighted by Gasteiger charge is -2.33. The van der Waals surface area contributed by atoms with Gasteiger partial charge in [-0.2, -0.15) is 0 Å². The summed E-state index contributed by atoms with van der Waals surface area (Å²) in [5, 5.41) is 0. The first-order valence-corrected chi connectivity index (χ1v) is 7.61. The Morgan fingerprint density at radius 2 is 1.75 bits per heavy atom. The van der Waals surface area contributed by atoms with Gasteiger partial charge in [0.05, 0.1) is 19.6 Å². The molecule has 1 saturated heterocycles. The van der Waals surface area contributed by atoms with E-state index < -0.39 is 0 Å². The molecule has 0 radical (unpaired) electrons. The second-order valence-electron chi connectivity index (χ2n) is 6.44. The van der Waals surface area contributed by atoms with Crippen LogP contribution < -0.4 is 4.90 Å². The van der Waals surface area contributed by atoms with Crippen molar-refractivity contribution in [3.05, 3.63) is 0 Å². The first kappa shape index (κ1) is 12.4. The maximum absolute atomic E-state index is 2.45. The van der Waals surface area contributed by atoms with Crippen LogP contribution in [-0.2, 0) is 0 Å². The normalized spacial score (nSPS) is 40.9. The minimum absolute atomic E-state index is 1.01. The van der Waals surface area contributed by atoms with Crippen LogP contribution >= 0.6 is 0 Å². The van der Waals surface area contributed by atoms with Gasteiger partial charge in [0, 0.05) is 5.92 Å². The molecule has 1 heterocycles. The van der Waals surface area contributed by atoms with Crippen LogP contribution in [0.1, 0.15) is 58.8 Å². The van der Waals surface area contributed by atoms with E-state index in [9.17, 15) is 0 Å². The summed E-state index contributed by atoms with van der Waals surface area (Å²) < 4.78 is 0. The van der Waals surface area contributed by atoms with E-state index in [1.807, 2.05) is 4.90 Å². The molecular weight excluding hydrogens is 194 g/mol. The van der Waals surface area contributed by atoms with E-state index in [-0.39, 0.29) is 0 Å². The quantitative estimate of drug-likeness (QED) is 0.751. The average molecular weight is 224 g/mol. The van der Waals surface area contributed by atoms with E-state index in [1.165, 1.54) is 64.6 Å². The van der Waals surface area contributed by atoms with Crippen molar-refractivity contribution in [1.82, 2.24) is 0 Å². The molecule has 0 aromatic heterocycles. The van der Waals surface area contributed by atoms with Crippen LogP contribution in [0.15, 0.2) is 0 Å². The predicted octanol–water partition coefficient (Wildman–Crippen LogP) is 2.52. The van der Waals surface area contributed by atoms with Crippen LogP contribution in [0.5, 0.6) is 0 Å². The van der Waals surface area contributed by atoms with Gasteiger partial charge in [0.2, 0.25) is 0 Å². The molecule has 0 aromatic carbocycles. The van der Waals surface area contributed by atoms with Crippen LogP contribution in [0.25, 0.3) is 0 Å². The van der Waals surface area contributed by atoms with Crippen molar-refractivity contribution in [3.63, 3.8) is 0 Å². The van der Waals surface area contributed by atoms with E-state index >= 15 is 0 Å². The second kappa shape index (κ2) is 6.05. The highest BCUT2D eigenvalue weighted by Crippen LogP contribution is 2.27. The molecule has 2 aliphatic rings. The summed E-state index contributed by atoms with van der Waals surface area (Å²) in [5.41, 5.74) is 0. The van der Waals surface area contributed by atoms with Gasteiger partial charge in [0.1, 0.15) is 0 Å². The molecule has 94 valence electrons. The maximum Gasteiger partial charge on any atom is 0.0799 e. The number of quaternary nitrogens is 1. The van der Waals surface area contributed by atoms with Crippen molar-refractivity contribution in [2.24, 2.45) is 17.8 Å². The Morgan fingerprint density at radius 3 is 2.38 bits per heavy atom. The fourth-order valence-corrected chi connectivity index (χ4v) is 3.85. The molecule has 1 aliphatic heterocycles. The van der Waals surface area contributed by atoms with Gasteiger partial charge in [-0.05, 0) is 37.5 Å². The first-order valence-electron chi connectivity index (χ1n) is 7.61. The van der Waals surface area contributed by atoms with Crippen molar-refractivity contribution < 1.29 is 4.90 Å². The fraction of sp³-hybridized carbons (Fsp3) is 1.00. The van der Waals surface area contributed by atoms with Gasteiger partial charge in [0.25, 0.3) is 0 Å². The van der Waals surface area contributed by atoms with Gasteiger partial charge in [-0.15, -0.1) is 0 Å². The summed E-state index contributed by atoms with van der Waals surface area (Å²) in [6.07, 6.45) is 10.4. The van der Waals surface area contributed by atoms with Crippen LogP contribution in [0.2, 0.25) is 0 Å². The lowest BCUT2D eigenvalue weighted by molar-refractivity contribution is -0.909. The first-order chi connectivity index (χ1) is 7.78. The molecule has 1 N–H and O–H groups in total. The molecule has 1 aliphatic carbocycles. The monoisotopic (exact) mass is 224 g/mol. The van der Waals surface area contributed by atoms with Crippen molar-refractivity contribution in [2.45, 2.75) is 58.8 Å². The highest BCUT2D eigenvalue weighted by atomic mass is 15.1. The van der Waals surface area contributed by atoms with Gasteiger partial charge in [-0.3, -0.25) is 0 Å². The van der Waals surface area contributed by atoms with E-state index in [0.29, 0.717) is 0 Å². The lowest BCUT2D eigenvalue weighted by atomic mass is 9.82. The summed E-state index contributed by atoms with van der Waals surface area (Å²) in [7, 11) is 0. The zero-order valence-electron chi connectivity index (χ0n) is 11.3. The minimum Gasteiger partial charge on any atom is -0.335 e. The largest absolute Gasteiger partial charge is 0.335 e. The summed E-state index contributed by atoms with van der Waals surface area (Å²) in [4.78, 5) is 1.92. The Labute approximate surface area is 102 Å². The molecule has 2 fully saturated rings. The van der Waals surface area contributed by atoms with Gasteiger partial charge in [0.15, 0.2) is 0 Å². The highest BCUT2D eigenvalue weighted by Gasteiger charge is 2.26. The molecule has 0 bridgehead atoms. The fourth-order valence-electron chi connectivity index (χ4n) is 3.85. The number of hydrogen-bond donors (Lipinski definition) is 1. The Kier molecular flexibility index (Phi) is 4.69. The molecule has 0 amide bonds. The molecule has 2 rings (SSSR count). The van der Waals surface area contributed by atoms with Gasteiger partial charge >= 0.3 is 0 Å². The summed E-state index contributed by atoms with van der Waals surface area (Å²) in [6.45, 7) is 9.22. The Balaban J connectivity index is 1.69. The third kappa shape index (κ3) is 3.48. The third-order valence-electron chi connectivity index (χ3n) is 5.01. The summed E-state index contributed by atoms with van der Waals surface area (Å²) in [6, 6.07) is 0. The zero-order valence-corrected chi connectivity index (χ0v) is 11.3. The van der Waals surface area contributed by atoms with Crippen LogP contribution in [0, 0.1) is 17.8 Å². The van der Waals surface area contributed by atoms with Crippen molar-refractivity contribution in [3.8, 4) is 0 Å². The molecule has 2 unspecified atom stereocenters. The van der Waals surface area contributed by atoms with Crippen molar-refractivity contribution in [2.75, 3.05) is 19.6 Å². The number of likely N-dealkylation sites (tertiary alicyclic amines) is 1. The van der Waals surface area contributed by atoms with Crippen LogP contribution in [0.4, 0.5) is 0 Å². The Bertz CT molecular complexity index is 194. The molecule has 0 aromatic rings. The number of hydrogen-bond acceptors (Lipinski definition) is 0. The topological polar surface area (TPSA) is 4.44 Å². The lowest BCUT2D eigenvalue weighted by Crippen LogP contribution is -3.13. The highest BCUT2D eigenvalue weighted by molar-refractivity contribution is 4.70. The second-order valence-corrected chi connectivity index (χ2v) is 6.44. The zero-order chi connectivity index (χ0) is 11.4. The number of rotatable bonds is 3. The molecule has 2 atom stereocenters.